The van der Waals surface area contributed by atoms with Gasteiger partial charge < -0.3 is 10.6 Å². The molecule has 1 aromatic carbocycles. The van der Waals surface area contributed by atoms with Gasteiger partial charge in [0.25, 0.3) is 5.91 Å². The zero-order valence-electron chi connectivity index (χ0n) is 9.59. The van der Waals surface area contributed by atoms with Crippen LogP contribution in [0.25, 0.3) is 0 Å². The van der Waals surface area contributed by atoms with Crippen molar-refractivity contribution in [3.63, 3.8) is 0 Å². The summed E-state index contributed by atoms with van der Waals surface area (Å²) >= 11 is 1.95. The van der Waals surface area contributed by atoms with E-state index in [1.807, 2.05) is 36.6 Å². The molecule has 0 fully saturated rings. The average Bonchev–Trinajstić information content (AvgIpc) is 2.25. The Labute approximate surface area is 120 Å². The number of benzene rings is 1. The molecule has 0 aliphatic heterocycles. The first kappa shape index (κ1) is 16.6. The Bertz CT molecular complexity index is 369. The van der Waals surface area contributed by atoms with Gasteiger partial charge in [0.05, 0.1) is 5.56 Å². The molecule has 0 radical (unpaired) electrons. The number of hydrogen-bond donors (Lipinski definition) is 2. The first-order chi connectivity index (χ1) is 7.56. The molecule has 96 valence electrons. The second-order valence-corrected chi connectivity index (χ2v) is 4.66. The minimum atomic E-state index is -0.485. The summed E-state index contributed by atoms with van der Waals surface area (Å²) in [5.74, 6) is -0.855. The van der Waals surface area contributed by atoms with Crippen molar-refractivity contribution in [2.24, 2.45) is 0 Å². The highest BCUT2D eigenvalue weighted by Crippen LogP contribution is 2.15. The summed E-state index contributed by atoms with van der Waals surface area (Å²) in [4.78, 5) is 11.7. The van der Waals surface area contributed by atoms with Crippen molar-refractivity contribution < 1.29 is 9.18 Å². The summed E-state index contributed by atoms with van der Waals surface area (Å²) in [5.41, 5.74) is 0.117. The van der Waals surface area contributed by atoms with Gasteiger partial charge in [-0.05, 0) is 48.7 Å². The van der Waals surface area contributed by atoms with Crippen molar-refractivity contribution in [3.05, 3.63) is 33.1 Å². The Balaban J connectivity index is 0.00000256. The van der Waals surface area contributed by atoms with Gasteiger partial charge in [0.15, 0.2) is 0 Å². The predicted molar refractivity (Wildman–Crippen MR) is 77.2 cm³/mol. The Hall–Kier alpha value is -0.400. The van der Waals surface area contributed by atoms with Gasteiger partial charge in [-0.1, -0.05) is 6.07 Å². The molecule has 1 rings (SSSR count). The quantitative estimate of drug-likeness (QED) is 0.796. The molecular weight excluding hydrogens is 357 g/mol. The Kier molecular flexibility index (Phi) is 7.65. The van der Waals surface area contributed by atoms with E-state index in [0.29, 0.717) is 10.1 Å². The smallest absolute Gasteiger partial charge is 0.255 e. The number of nitrogens with one attached hydrogen (secondary N) is 2. The van der Waals surface area contributed by atoms with Crippen molar-refractivity contribution in [1.29, 1.82) is 0 Å². The lowest BCUT2D eigenvalue weighted by molar-refractivity contribution is 0.0945. The van der Waals surface area contributed by atoms with Gasteiger partial charge in [0, 0.05) is 16.2 Å². The van der Waals surface area contributed by atoms with Gasteiger partial charge in [-0.25, -0.2) is 4.39 Å². The number of likely N-dealkylation sites (N-methyl/N-ethyl adjacent to an activating group) is 1. The van der Waals surface area contributed by atoms with Crippen LogP contribution < -0.4 is 10.6 Å². The van der Waals surface area contributed by atoms with E-state index in [9.17, 15) is 9.18 Å². The lowest BCUT2D eigenvalue weighted by atomic mass is 10.2. The number of rotatable bonds is 4. The normalized spacial score (nSPS) is 11.5. The molecule has 0 aromatic heterocycles. The standard InChI is InChI=1S/C11H14FIN2O.ClH/c1-7(14-2)6-15-11(16)10-8(12)4-3-5-9(10)13;/h3-5,7,14H,6H2,1-2H3,(H,15,16);1H. The fourth-order valence-corrected chi connectivity index (χ4v) is 1.86. The fourth-order valence-electron chi connectivity index (χ4n) is 1.15. The van der Waals surface area contributed by atoms with Crippen molar-refractivity contribution in [3.8, 4) is 0 Å². The molecule has 2 N–H and O–H groups in total. The maximum Gasteiger partial charge on any atom is 0.255 e. The van der Waals surface area contributed by atoms with Crippen LogP contribution in [0.5, 0.6) is 0 Å². The lowest BCUT2D eigenvalue weighted by Gasteiger charge is -2.12. The zero-order valence-corrected chi connectivity index (χ0v) is 12.6. The van der Waals surface area contributed by atoms with E-state index >= 15 is 0 Å². The van der Waals surface area contributed by atoms with E-state index in [4.69, 9.17) is 0 Å². The lowest BCUT2D eigenvalue weighted by Crippen LogP contribution is -2.37. The molecule has 1 unspecified atom stereocenters. The molecule has 0 heterocycles. The molecule has 0 saturated carbocycles. The van der Waals surface area contributed by atoms with Crippen LogP contribution >= 0.6 is 35.0 Å². The molecule has 0 bridgehead atoms. The molecule has 3 nitrogen and oxygen atoms in total. The van der Waals surface area contributed by atoms with Gasteiger partial charge in [0.1, 0.15) is 5.82 Å². The second kappa shape index (κ2) is 7.84. The Morgan fingerprint density at radius 3 is 2.71 bits per heavy atom. The molecule has 0 spiro atoms. The van der Waals surface area contributed by atoms with Crippen molar-refractivity contribution in [2.45, 2.75) is 13.0 Å². The highest BCUT2D eigenvalue weighted by atomic mass is 127. The molecule has 0 aliphatic rings. The second-order valence-electron chi connectivity index (χ2n) is 3.50. The van der Waals surface area contributed by atoms with Gasteiger partial charge in [0.2, 0.25) is 0 Å². The van der Waals surface area contributed by atoms with Gasteiger partial charge in [-0.15, -0.1) is 12.4 Å². The van der Waals surface area contributed by atoms with E-state index in [1.54, 1.807) is 12.1 Å². The third-order valence-corrected chi connectivity index (χ3v) is 3.15. The van der Waals surface area contributed by atoms with Crippen molar-refractivity contribution >= 4 is 40.9 Å². The van der Waals surface area contributed by atoms with Gasteiger partial charge in [-0.3, -0.25) is 4.79 Å². The Morgan fingerprint density at radius 1 is 1.53 bits per heavy atom. The maximum atomic E-state index is 13.4. The van der Waals surface area contributed by atoms with Crippen LogP contribution in [0.2, 0.25) is 0 Å². The summed E-state index contributed by atoms with van der Waals surface area (Å²) in [7, 11) is 1.81. The van der Waals surface area contributed by atoms with E-state index in [-0.39, 0.29) is 29.9 Å². The van der Waals surface area contributed by atoms with E-state index in [1.165, 1.54) is 6.07 Å². The van der Waals surface area contributed by atoms with Crippen LogP contribution in [0, 0.1) is 9.39 Å². The first-order valence-corrected chi connectivity index (χ1v) is 6.03. The maximum absolute atomic E-state index is 13.4. The number of halogens is 3. The highest BCUT2D eigenvalue weighted by Gasteiger charge is 2.15. The van der Waals surface area contributed by atoms with Crippen LogP contribution in [0.1, 0.15) is 17.3 Å². The number of carbonyl (C=O) groups excluding carboxylic acids is 1. The molecule has 1 aromatic rings. The topological polar surface area (TPSA) is 41.1 Å². The van der Waals surface area contributed by atoms with Crippen LogP contribution in [-0.2, 0) is 0 Å². The fraction of sp³-hybridized carbons (Fsp3) is 0.364. The minimum Gasteiger partial charge on any atom is -0.350 e. The largest absolute Gasteiger partial charge is 0.350 e. The van der Waals surface area contributed by atoms with Crippen LogP contribution in [0.3, 0.4) is 0 Å². The summed E-state index contributed by atoms with van der Waals surface area (Å²) < 4.78 is 14.0. The van der Waals surface area contributed by atoms with Crippen LogP contribution in [0.15, 0.2) is 18.2 Å². The average molecular weight is 373 g/mol. The van der Waals surface area contributed by atoms with Crippen LogP contribution in [0.4, 0.5) is 4.39 Å². The summed E-state index contributed by atoms with van der Waals surface area (Å²) in [6.45, 7) is 2.41. The third-order valence-electron chi connectivity index (χ3n) is 2.25. The molecule has 17 heavy (non-hydrogen) atoms. The molecule has 1 amide bonds. The molecule has 6 heteroatoms. The summed E-state index contributed by atoms with van der Waals surface area (Å²) in [5, 5.41) is 5.68. The van der Waals surface area contributed by atoms with Crippen molar-refractivity contribution in [1.82, 2.24) is 10.6 Å². The highest BCUT2D eigenvalue weighted by molar-refractivity contribution is 14.1. The summed E-state index contributed by atoms with van der Waals surface area (Å²) in [6, 6.07) is 4.75. The zero-order chi connectivity index (χ0) is 12.1. The molecule has 0 aliphatic carbocycles. The molecule has 0 saturated heterocycles. The van der Waals surface area contributed by atoms with Gasteiger partial charge in [-0.2, -0.15) is 0 Å². The summed E-state index contributed by atoms with van der Waals surface area (Å²) in [6.07, 6.45) is 0. The number of hydrogen-bond acceptors (Lipinski definition) is 2. The number of carbonyl (C=O) groups is 1. The molecule has 1 atom stereocenters. The number of amides is 1. The first-order valence-electron chi connectivity index (χ1n) is 4.95. The Morgan fingerprint density at radius 2 is 2.18 bits per heavy atom. The minimum absolute atomic E-state index is 0. The molecular formula is C11H15ClFIN2O. The predicted octanol–water partition coefficient (Wildman–Crippen LogP) is 2.19. The van der Waals surface area contributed by atoms with Crippen LogP contribution in [-0.4, -0.2) is 25.5 Å². The van der Waals surface area contributed by atoms with Gasteiger partial charge >= 0.3 is 0 Å². The van der Waals surface area contributed by atoms with Crippen molar-refractivity contribution in [2.75, 3.05) is 13.6 Å². The van der Waals surface area contributed by atoms with E-state index in [0.717, 1.165) is 0 Å². The van der Waals surface area contributed by atoms with E-state index in [2.05, 4.69) is 10.6 Å². The monoisotopic (exact) mass is 372 g/mol. The third kappa shape index (κ3) is 4.77. The SMILES string of the molecule is CNC(C)CNC(=O)c1c(F)cccc1I.Cl. The van der Waals surface area contributed by atoms with E-state index < -0.39 is 5.82 Å².